The predicted molar refractivity (Wildman–Crippen MR) is 71.7 cm³/mol. The van der Waals surface area contributed by atoms with Gasteiger partial charge in [-0.3, -0.25) is 4.79 Å². The van der Waals surface area contributed by atoms with Gasteiger partial charge in [-0.05, 0) is 50.0 Å². The predicted octanol–water partition coefficient (Wildman–Crippen LogP) is 1.34. The minimum atomic E-state index is -2.13. The Labute approximate surface area is 110 Å². The molecule has 1 aromatic heterocycles. The number of fused-ring (bicyclic) bond motifs is 3. The molecule has 0 saturated heterocycles. The van der Waals surface area contributed by atoms with Crippen LogP contribution in [0, 0.1) is 0 Å². The average molecular weight is 246 g/mol. The summed E-state index contributed by atoms with van der Waals surface area (Å²) in [6.07, 6.45) is 2.21. The molecule has 0 radical (unpaired) electrons. The highest BCUT2D eigenvalue weighted by Gasteiger charge is 2.21. The number of hydrogen-bond donors (Lipinski definition) is 3. The second kappa shape index (κ2) is 4.14. The highest BCUT2D eigenvalue weighted by atomic mass is 16.1. The summed E-state index contributed by atoms with van der Waals surface area (Å²) >= 11 is 0. The van der Waals surface area contributed by atoms with Crippen molar-refractivity contribution in [3.05, 3.63) is 35.0 Å². The van der Waals surface area contributed by atoms with Crippen molar-refractivity contribution in [3.8, 4) is 0 Å². The molecule has 1 aromatic carbocycles. The number of nitrogens with one attached hydrogen (secondary N) is 2. The zero-order valence-corrected chi connectivity index (χ0v) is 9.92. The van der Waals surface area contributed by atoms with Crippen LogP contribution < -0.4 is 11.1 Å². The van der Waals surface area contributed by atoms with Crippen molar-refractivity contribution in [3.63, 3.8) is 0 Å². The van der Waals surface area contributed by atoms with Crippen LogP contribution >= 0.6 is 0 Å². The Bertz CT molecular complexity index is 705. The lowest BCUT2D eigenvalue weighted by molar-refractivity contribution is 0.100. The van der Waals surface area contributed by atoms with Crippen LogP contribution in [0.25, 0.3) is 10.9 Å². The molecule has 94 valence electrons. The molecule has 18 heavy (non-hydrogen) atoms. The fourth-order valence-electron chi connectivity index (χ4n) is 2.69. The van der Waals surface area contributed by atoms with Gasteiger partial charge in [0.15, 0.2) is 0 Å². The fraction of sp³-hybridized carbons (Fsp3) is 0.357. The molecule has 0 spiro atoms. The number of H-pyrrole nitrogens is 1. The number of aryl methyl sites for hydroxylation is 1. The minimum Gasteiger partial charge on any atom is -0.366 e. The lowest BCUT2D eigenvalue weighted by Gasteiger charge is -2.21. The van der Waals surface area contributed by atoms with Gasteiger partial charge in [-0.1, -0.05) is 0 Å². The summed E-state index contributed by atoms with van der Waals surface area (Å²) in [5.74, 6) is -0.458. The highest BCUT2D eigenvalue weighted by molar-refractivity contribution is 5.98. The monoisotopic (exact) mass is 246 g/mol. The first-order valence-corrected chi connectivity index (χ1v) is 6.04. The molecule has 0 saturated carbocycles. The molecule has 0 fully saturated rings. The SMILES string of the molecule is [2H]C([2H])([2H])N[C@H]1CCc2[nH]c3ccc(C(N)=O)cc3c2C1. The van der Waals surface area contributed by atoms with Crippen LogP contribution in [0.1, 0.15) is 32.1 Å². The van der Waals surface area contributed by atoms with Crippen LogP contribution in [-0.4, -0.2) is 23.9 Å². The van der Waals surface area contributed by atoms with Crippen molar-refractivity contribution in [1.82, 2.24) is 10.3 Å². The molecule has 0 bridgehead atoms. The minimum absolute atomic E-state index is 0.0822. The molecule has 1 aliphatic rings. The number of rotatable bonds is 2. The van der Waals surface area contributed by atoms with E-state index in [1.54, 1.807) is 12.1 Å². The number of carbonyl (C=O) groups excluding carboxylic acids is 1. The van der Waals surface area contributed by atoms with Crippen molar-refractivity contribution in [1.29, 1.82) is 0 Å². The van der Waals surface area contributed by atoms with E-state index in [0.717, 1.165) is 35.0 Å². The summed E-state index contributed by atoms with van der Waals surface area (Å²) < 4.78 is 22.0. The van der Waals surface area contributed by atoms with Gasteiger partial charge in [-0.2, -0.15) is 0 Å². The molecule has 2 aromatic rings. The maximum Gasteiger partial charge on any atom is 0.248 e. The topological polar surface area (TPSA) is 70.9 Å². The van der Waals surface area contributed by atoms with E-state index < -0.39 is 12.9 Å². The third-order valence-corrected chi connectivity index (χ3v) is 3.68. The third kappa shape index (κ3) is 1.69. The number of carbonyl (C=O) groups is 1. The maximum absolute atomic E-state index is 11.3. The fourth-order valence-corrected chi connectivity index (χ4v) is 2.69. The molecule has 1 aliphatic carbocycles. The van der Waals surface area contributed by atoms with Gasteiger partial charge in [0.05, 0.1) is 0 Å². The van der Waals surface area contributed by atoms with Crippen molar-refractivity contribution in [2.75, 3.05) is 6.98 Å². The number of aromatic nitrogens is 1. The number of amides is 1. The van der Waals surface area contributed by atoms with Crippen molar-refractivity contribution in [2.45, 2.75) is 25.3 Å². The lowest BCUT2D eigenvalue weighted by atomic mass is 9.91. The number of aromatic amines is 1. The first-order valence-electron chi connectivity index (χ1n) is 7.54. The molecule has 3 rings (SSSR count). The molecule has 4 heteroatoms. The molecule has 1 heterocycles. The molecule has 1 atom stereocenters. The molecular formula is C14H17N3O. The molecule has 4 nitrogen and oxygen atoms in total. The summed E-state index contributed by atoms with van der Waals surface area (Å²) in [5.41, 5.74) is 8.95. The lowest BCUT2D eigenvalue weighted by Crippen LogP contribution is -2.31. The van der Waals surface area contributed by atoms with Crippen LogP contribution in [0.4, 0.5) is 0 Å². The maximum atomic E-state index is 11.3. The molecule has 0 aliphatic heterocycles. The molecule has 4 N–H and O–H groups in total. The van der Waals surface area contributed by atoms with E-state index in [1.807, 2.05) is 6.07 Å². The van der Waals surface area contributed by atoms with Crippen LogP contribution in [-0.2, 0) is 12.8 Å². The Hall–Kier alpha value is -1.81. The van der Waals surface area contributed by atoms with E-state index in [-0.39, 0.29) is 6.04 Å². The van der Waals surface area contributed by atoms with E-state index >= 15 is 0 Å². The van der Waals surface area contributed by atoms with Gasteiger partial charge in [-0.25, -0.2) is 0 Å². The zero-order valence-electron chi connectivity index (χ0n) is 12.9. The number of nitrogens with two attached hydrogens (primary N) is 1. The summed E-state index contributed by atoms with van der Waals surface area (Å²) in [4.78, 5) is 14.7. The Morgan fingerprint density at radius 2 is 2.50 bits per heavy atom. The van der Waals surface area contributed by atoms with Gasteiger partial charge in [0, 0.05) is 32.3 Å². The van der Waals surface area contributed by atoms with Crippen molar-refractivity contribution < 1.29 is 8.91 Å². The normalized spacial score (nSPS) is 22.0. The highest BCUT2D eigenvalue weighted by Crippen LogP contribution is 2.29. The zero-order chi connectivity index (χ0) is 15.2. The van der Waals surface area contributed by atoms with E-state index in [1.165, 1.54) is 0 Å². The smallest absolute Gasteiger partial charge is 0.248 e. The molecular weight excluding hydrogens is 226 g/mol. The van der Waals surface area contributed by atoms with Gasteiger partial charge >= 0.3 is 0 Å². The summed E-state index contributed by atoms with van der Waals surface area (Å²) in [6, 6.07) is 5.25. The summed E-state index contributed by atoms with van der Waals surface area (Å²) in [7, 11) is 0. The number of likely N-dealkylation sites (N-methyl/N-ethyl adjacent to an activating group) is 1. The number of primary amides is 1. The van der Waals surface area contributed by atoms with Gasteiger partial charge in [-0.15, -0.1) is 0 Å². The summed E-state index contributed by atoms with van der Waals surface area (Å²) in [5, 5.41) is 3.64. The third-order valence-electron chi connectivity index (χ3n) is 3.68. The molecule has 1 amide bonds. The summed E-state index contributed by atoms with van der Waals surface area (Å²) in [6.45, 7) is -2.13. The van der Waals surface area contributed by atoms with Crippen LogP contribution in [0.5, 0.6) is 0 Å². The van der Waals surface area contributed by atoms with Crippen LogP contribution in [0.2, 0.25) is 0 Å². The molecule has 0 unspecified atom stereocenters. The van der Waals surface area contributed by atoms with E-state index in [4.69, 9.17) is 9.85 Å². The Morgan fingerprint density at radius 3 is 3.28 bits per heavy atom. The van der Waals surface area contributed by atoms with Gasteiger partial charge < -0.3 is 16.0 Å². The van der Waals surface area contributed by atoms with Crippen LogP contribution in [0.3, 0.4) is 0 Å². The number of benzene rings is 1. The first kappa shape index (κ1) is 8.32. The van der Waals surface area contributed by atoms with Gasteiger partial charge in [0.2, 0.25) is 5.91 Å². The Morgan fingerprint density at radius 1 is 1.61 bits per heavy atom. The van der Waals surface area contributed by atoms with E-state index in [2.05, 4.69) is 10.3 Å². The standard InChI is InChI=1S/C14H17N3O/c1-16-9-3-5-13-11(7-9)10-6-8(14(15)18)2-4-12(10)17-13/h2,4,6,9,16-17H,3,5,7H2,1H3,(H2,15,18)/t9-/m0/s1/i1D3. The van der Waals surface area contributed by atoms with Crippen molar-refractivity contribution in [2.24, 2.45) is 5.73 Å². The largest absolute Gasteiger partial charge is 0.366 e. The van der Waals surface area contributed by atoms with E-state index in [0.29, 0.717) is 12.0 Å². The van der Waals surface area contributed by atoms with Gasteiger partial charge in [0.25, 0.3) is 0 Å². The Balaban J connectivity index is 1.97. The Kier molecular flexibility index (Phi) is 1.91. The first-order chi connectivity index (χ1) is 9.83. The van der Waals surface area contributed by atoms with Crippen LogP contribution in [0.15, 0.2) is 18.2 Å². The van der Waals surface area contributed by atoms with Gasteiger partial charge in [0.1, 0.15) is 0 Å². The average Bonchev–Trinajstić information content (AvgIpc) is 2.74. The van der Waals surface area contributed by atoms with E-state index in [9.17, 15) is 4.79 Å². The number of hydrogen-bond acceptors (Lipinski definition) is 2. The van der Waals surface area contributed by atoms with Crippen molar-refractivity contribution >= 4 is 16.8 Å². The quantitative estimate of drug-likeness (QED) is 0.748. The second-order valence-corrected chi connectivity index (χ2v) is 4.79. The second-order valence-electron chi connectivity index (χ2n) is 4.79.